The first-order chi connectivity index (χ1) is 13.0. The Morgan fingerprint density at radius 1 is 1.04 bits per heavy atom. The third kappa shape index (κ3) is 3.15. The van der Waals surface area contributed by atoms with Crippen molar-refractivity contribution in [2.45, 2.75) is 6.92 Å². The maximum absolute atomic E-state index is 13.0. The van der Waals surface area contributed by atoms with Gasteiger partial charge < -0.3 is 14.5 Å². The van der Waals surface area contributed by atoms with E-state index in [1.54, 1.807) is 19.1 Å². The predicted octanol–water partition coefficient (Wildman–Crippen LogP) is 3.70. The summed E-state index contributed by atoms with van der Waals surface area (Å²) in [6.07, 6.45) is 0. The van der Waals surface area contributed by atoms with Crippen molar-refractivity contribution in [2.24, 2.45) is 5.92 Å². The molecule has 0 amide bonds. The number of hydrogen-bond donors (Lipinski definition) is 1. The summed E-state index contributed by atoms with van der Waals surface area (Å²) < 4.78 is 10.4. The zero-order valence-electron chi connectivity index (χ0n) is 15.2. The van der Waals surface area contributed by atoms with Gasteiger partial charge in [0.2, 0.25) is 0 Å². The first-order valence-electron chi connectivity index (χ1n) is 8.29. The lowest BCUT2D eigenvalue weighted by molar-refractivity contribution is 0.0846. The molecule has 136 valence electrons. The molecule has 3 aromatic rings. The highest BCUT2D eigenvalue weighted by Gasteiger charge is 2.31. The molecule has 0 saturated carbocycles. The van der Waals surface area contributed by atoms with Crippen LogP contribution in [0.15, 0.2) is 42.5 Å². The minimum absolute atomic E-state index is 0.213. The number of aromatic amines is 1. The number of carbonyl (C=O) groups is 2. The SMILES string of the molecule is COc1ccc(C(=O)[C@H](C#N)C(=O)c2c(C)[nH]c3ccccc23)cc1OC. The lowest BCUT2D eigenvalue weighted by Crippen LogP contribution is -2.23. The number of nitriles is 1. The molecule has 0 aliphatic carbocycles. The number of nitrogens with zero attached hydrogens (tertiary/aromatic N) is 1. The highest BCUT2D eigenvalue weighted by molar-refractivity contribution is 6.22. The molecule has 1 heterocycles. The van der Waals surface area contributed by atoms with Gasteiger partial charge in [0.25, 0.3) is 0 Å². The molecule has 0 bridgehead atoms. The fourth-order valence-corrected chi connectivity index (χ4v) is 3.13. The third-order valence-corrected chi connectivity index (χ3v) is 4.46. The molecule has 0 aliphatic rings. The number of ether oxygens (including phenoxy) is 2. The summed E-state index contributed by atoms with van der Waals surface area (Å²) in [6, 6.07) is 13.7. The normalized spacial score (nSPS) is 11.6. The van der Waals surface area contributed by atoms with Crippen molar-refractivity contribution in [3.63, 3.8) is 0 Å². The van der Waals surface area contributed by atoms with Crippen molar-refractivity contribution in [3.8, 4) is 17.6 Å². The molecule has 0 spiro atoms. The van der Waals surface area contributed by atoms with Crippen LogP contribution in [-0.4, -0.2) is 30.8 Å². The number of rotatable bonds is 6. The van der Waals surface area contributed by atoms with Crippen LogP contribution in [0.25, 0.3) is 10.9 Å². The van der Waals surface area contributed by atoms with Crippen LogP contribution in [-0.2, 0) is 0 Å². The van der Waals surface area contributed by atoms with Gasteiger partial charge in [-0.05, 0) is 31.2 Å². The second-order valence-corrected chi connectivity index (χ2v) is 6.03. The highest BCUT2D eigenvalue weighted by Crippen LogP contribution is 2.30. The summed E-state index contributed by atoms with van der Waals surface area (Å²) in [7, 11) is 2.94. The minimum atomic E-state index is -1.44. The number of aryl methyl sites for hydroxylation is 1. The maximum atomic E-state index is 13.0. The topological polar surface area (TPSA) is 92.2 Å². The van der Waals surface area contributed by atoms with E-state index in [4.69, 9.17) is 9.47 Å². The smallest absolute Gasteiger partial charge is 0.190 e. The lowest BCUT2D eigenvalue weighted by Gasteiger charge is -2.11. The number of fused-ring (bicyclic) bond motifs is 1. The number of ketones is 2. The lowest BCUT2D eigenvalue weighted by atomic mass is 9.90. The Bertz CT molecular complexity index is 1080. The summed E-state index contributed by atoms with van der Waals surface area (Å²) in [5.74, 6) is -1.72. The molecule has 3 rings (SSSR count). The van der Waals surface area contributed by atoms with Crippen molar-refractivity contribution >= 4 is 22.5 Å². The number of carbonyl (C=O) groups excluding carboxylic acids is 2. The Hall–Kier alpha value is -3.59. The van der Waals surface area contributed by atoms with Crippen molar-refractivity contribution in [1.82, 2.24) is 4.98 Å². The summed E-state index contributed by atoms with van der Waals surface area (Å²) in [4.78, 5) is 29.0. The van der Waals surface area contributed by atoms with E-state index in [2.05, 4.69) is 4.98 Å². The standard InChI is InChI=1S/C21H18N2O4/c1-12-19(14-6-4-5-7-16(14)23-12)21(25)15(11-22)20(24)13-8-9-17(26-2)18(10-13)27-3/h4-10,15,23H,1-3H3/t15-/m0/s1. The van der Waals surface area contributed by atoms with E-state index in [0.717, 1.165) is 5.52 Å². The van der Waals surface area contributed by atoms with Crippen LogP contribution in [0, 0.1) is 24.2 Å². The number of para-hydroxylation sites is 1. The summed E-state index contributed by atoms with van der Waals surface area (Å²) in [6.45, 7) is 1.75. The van der Waals surface area contributed by atoms with Crippen LogP contribution < -0.4 is 9.47 Å². The molecular formula is C21H18N2O4. The first-order valence-corrected chi connectivity index (χ1v) is 8.29. The van der Waals surface area contributed by atoms with Gasteiger partial charge in [-0.1, -0.05) is 18.2 Å². The Morgan fingerprint density at radius 3 is 2.41 bits per heavy atom. The zero-order valence-corrected chi connectivity index (χ0v) is 15.2. The molecule has 0 saturated heterocycles. The van der Waals surface area contributed by atoms with E-state index >= 15 is 0 Å². The van der Waals surface area contributed by atoms with Crippen molar-refractivity contribution in [2.75, 3.05) is 14.2 Å². The van der Waals surface area contributed by atoms with Gasteiger partial charge in [-0.15, -0.1) is 0 Å². The molecule has 0 fully saturated rings. The summed E-state index contributed by atoms with van der Waals surface area (Å²) in [5, 5.41) is 10.3. The summed E-state index contributed by atoms with van der Waals surface area (Å²) >= 11 is 0. The zero-order chi connectivity index (χ0) is 19.6. The van der Waals surface area contributed by atoms with Crippen LogP contribution in [0.4, 0.5) is 0 Å². The molecule has 27 heavy (non-hydrogen) atoms. The quantitative estimate of drug-likeness (QED) is 0.533. The molecule has 1 N–H and O–H groups in total. The van der Waals surface area contributed by atoms with Crippen LogP contribution in [0.2, 0.25) is 0 Å². The van der Waals surface area contributed by atoms with Crippen LogP contribution >= 0.6 is 0 Å². The summed E-state index contributed by atoms with van der Waals surface area (Å²) in [5.41, 5.74) is 1.99. The fourth-order valence-electron chi connectivity index (χ4n) is 3.13. The van der Waals surface area contributed by atoms with Crippen molar-refractivity contribution in [1.29, 1.82) is 5.26 Å². The average Bonchev–Trinajstić information content (AvgIpc) is 3.03. The monoisotopic (exact) mass is 362 g/mol. The van der Waals surface area contributed by atoms with Gasteiger partial charge in [0.1, 0.15) is 0 Å². The number of Topliss-reactive ketones (excluding diaryl/α,β-unsaturated/α-hetero) is 2. The molecule has 6 heteroatoms. The van der Waals surface area contributed by atoms with Gasteiger partial charge in [-0.3, -0.25) is 9.59 Å². The van der Waals surface area contributed by atoms with Crippen LogP contribution in [0.3, 0.4) is 0 Å². The molecule has 1 atom stereocenters. The van der Waals surface area contributed by atoms with E-state index in [0.29, 0.717) is 28.1 Å². The van der Waals surface area contributed by atoms with Gasteiger partial charge >= 0.3 is 0 Å². The van der Waals surface area contributed by atoms with Gasteiger partial charge in [0.15, 0.2) is 29.0 Å². The average molecular weight is 362 g/mol. The Morgan fingerprint density at radius 2 is 1.74 bits per heavy atom. The van der Waals surface area contributed by atoms with E-state index in [-0.39, 0.29) is 5.56 Å². The van der Waals surface area contributed by atoms with Crippen LogP contribution in [0.1, 0.15) is 26.4 Å². The van der Waals surface area contributed by atoms with Crippen LogP contribution in [0.5, 0.6) is 11.5 Å². The number of methoxy groups -OCH3 is 2. The Balaban J connectivity index is 2.02. The van der Waals surface area contributed by atoms with E-state index in [1.807, 2.05) is 24.3 Å². The molecule has 2 aromatic carbocycles. The fraction of sp³-hybridized carbons (Fsp3) is 0.190. The van der Waals surface area contributed by atoms with Crippen molar-refractivity contribution < 1.29 is 19.1 Å². The number of nitrogens with one attached hydrogen (secondary N) is 1. The number of H-pyrrole nitrogens is 1. The van der Waals surface area contributed by atoms with E-state index < -0.39 is 17.5 Å². The predicted molar refractivity (Wildman–Crippen MR) is 100 cm³/mol. The number of benzene rings is 2. The Kier molecular flexibility index (Phi) is 4.95. The van der Waals surface area contributed by atoms with E-state index in [9.17, 15) is 14.9 Å². The molecular weight excluding hydrogens is 344 g/mol. The van der Waals surface area contributed by atoms with Gasteiger partial charge in [-0.25, -0.2) is 0 Å². The molecule has 0 radical (unpaired) electrons. The highest BCUT2D eigenvalue weighted by atomic mass is 16.5. The van der Waals surface area contributed by atoms with Crippen molar-refractivity contribution in [3.05, 3.63) is 59.3 Å². The molecule has 0 unspecified atom stereocenters. The minimum Gasteiger partial charge on any atom is -0.493 e. The maximum Gasteiger partial charge on any atom is 0.190 e. The van der Waals surface area contributed by atoms with E-state index in [1.165, 1.54) is 26.4 Å². The van der Waals surface area contributed by atoms with Gasteiger partial charge in [0, 0.05) is 27.7 Å². The molecule has 1 aromatic heterocycles. The number of hydrogen-bond acceptors (Lipinski definition) is 5. The second kappa shape index (κ2) is 7.34. The largest absolute Gasteiger partial charge is 0.493 e. The molecule has 6 nitrogen and oxygen atoms in total. The Labute approximate surface area is 156 Å². The number of aromatic nitrogens is 1. The second-order valence-electron chi connectivity index (χ2n) is 6.03. The van der Waals surface area contributed by atoms with Gasteiger partial charge in [-0.2, -0.15) is 5.26 Å². The molecule has 0 aliphatic heterocycles. The third-order valence-electron chi connectivity index (χ3n) is 4.46. The van der Waals surface area contributed by atoms with Gasteiger partial charge in [0.05, 0.1) is 20.3 Å². The first kappa shape index (κ1) is 18.2.